The summed E-state index contributed by atoms with van der Waals surface area (Å²) in [7, 11) is 1.74. The third kappa shape index (κ3) is 3.87. The molecule has 3 fully saturated rings. The number of carbonyl (C=O) groups is 2. The molecule has 2 amide bonds. The third-order valence-electron chi connectivity index (χ3n) is 5.77. The average molecular weight is 322 g/mol. The number of methoxy groups -OCH3 is 1. The summed E-state index contributed by atoms with van der Waals surface area (Å²) in [6.45, 7) is 2.14. The number of piperidine rings is 1. The molecule has 1 unspecified atom stereocenters. The van der Waals surface area contributed by atoms with E-state index >= 15 is 0 Å². The Morgan fingerprint density at radius 3 is 2.52 bits per heavy atom. The molecule has 3 aliphatic rings. The average Bonchev–Trinajstić information content (AvgIpc) is 3.33. The maximum atomic E-state index is 12.7. The van der Waals surface area contributed by atoms with Gasteiger partial charge >= 0.3 is 0 Å². The first-order chi connectivity index (χ1) is 11.2. The molecule has 0 radical (unpaired) electrons. The fourth-order valence-electron chi connectivity index (χ4n) is 4.23. The van der Waals surface area contributed by atoms with Gasteiger partial charge in [0.05, 0.1) is 6.61 Å². The number of carbonyl (C=O) groups excluding carboxylic acids is 2. The van der Waals surface area contributed by atoms with Crippen LogP contribution in [0.15, 0.2) is 0 Å². The molecule has 5 heteroatoms. The zero-order valence-corrected chi connectivity index (χ0v) is 14.3. The van der Waals surface area contributed by atoms with Gasteiger partial charge in [-0.2, -0.15) is 0 Å². The molecular formula is C18H30N2O3. The van der Waals surface area contributed by atoms with Crippen LogP contribution >= 0.6 is 0 Å². The largest absolute Gasteiger partial charge is 0.384 e. The molecule has 2 aliphatic carbocycles. The Morgan fingerprint density at radius 2 is 1.87 bits per heavy atom. The van der Waals surface area contributed by atoms with E-state index in [4.69, 9.17) is 4.74 Å². The fraction of sp³-hybridized carbons (Fsp3) is 0.889. The van der Waals surface area contributed by atoms with Crippen LogP contribution in [0.25, 0.3) is 0 Å². The first-order valence-corrected chi connectivity index (χ1v) is 9.22. The Balaban J connectivity index is 1.58. The number of likely N-dealkylation sites (tertiary alicyclic amines) is 1. The summed E-state index contributed by atoms with van der Waals surface area (Å²) in [4.78, 5) is 27.0. The molecule has 130 valence electrons. The molecule has 5 nitrogen and oxygen atoms in total. The molecule has 23 heavy (non-hydrogen) atoms. The summed E-state index contributed by atoms with van der Waals surface area (Å²) in [5, 5.41) is 3.15. The van der Waals surface area contributed by atoms with Crippen molar-refractivity contribution in [1.82, 2.24) is 10.2 Å². The third-order valence-corrected chi connectivity index (χ3v) is 5.77. The first-order valence-electron chi connectivity index (χ1n) is 9.22. The molecular weight excluding hydrogens is 292 g/mol. The second-order valence-electron chi connectivity index (χ2n) is 7.68. The van der Waals surface area contributed by atoms with Crippen molar-refractivity contribution in [2.24, 2.45) is 11.3 Å². The van der Waals surface area contributed by atoms with Gasteiger partial charge in [0, 0.05) is 31.5 Å². The number of nitrogens with zero attached hydrogens (tertiary/aromatic N) is 1. The van der Waals surface area contributed by atoms with Gasteiger partial charge in [0.15, 0.2) is 0 Å². The molecule has 2 saturated carbocycles. The van der Waals surface area contributed by atoms with Crippen molar-refractivity contribution >= 4 is 11.8 Å². The lowest BCUT2D eigenvalue weighted by Crippen LogP contribution is -2.54. The normalized spacial score (nSPS) is 27.0. The summed E-state index contributed by atoms with van der Waals surface area (Å²) in [6, 6.07) is -0.252. The number of rotatable bonds is 6. The quantitative estimate of drug-likeness (QED) is 0.815. The van der Waals surface area contributed by atoms with Gasteiger partial charge in [0.2, 0.25) is 11.8 Å². The van der Waals surface area contributed by atoms with Crippen LogP contribution in [-0.2, 0) is 14.3 Å². The van der Waals surface area contributed by atoms with Crippen molar-refractivity contribution in [2.45, 2.75) is 63.8 Å². The van der Waals surface area contributed by atoms with Crippen LogP contribution in [0.1, 0.15) is 57.8 Å². The maximum absolute atomic E-state index is 12.7. The zero-order valence-electron chi connectivity index (χ0n) is 14.3. The van der Waals surface area contributed by atoms with Crippen molar-refractivity contribution in [3.63, 3.8) is 0 Å². The molecule has 1 atom stereocenters. The maximum Gasteiger partial charge on any atom is 0.242 e. The number of hydrogen-bond donors (Lipinski definition) is 1. The summed E-state index contributed by atoms with van der Waals surface area (Å²) in [5.41, 5.74) is 0.102. The van der Waals surface area contributed by atoms with Crippen LogP contribution < -0.4 is 5.32 Å². The Hall–Kier alpha value is -1.10. The molecule has 1 heterocycles. The minimum absolute atomic E-state index is 0.0427. The highest BCUT2D eigenvalue weighted by Gasteiger charge is 2.40. The van der Waals surface area contributed by atoms with Crippen LogP contribution in [-0.4, -0.2) is 49.6 Å². The Labute approximate surface area is 139 Å². The number of amides is 2. The van der Waals surface area contributed by atoms with Gasteiger partial charge in [-0.25, -0.2) is 0 Å². The Kier molecular flexibility index (Phi) is 5.24. The Morgan fingerprint density at radius 1 is 1.13 bits per heavy atom. The molecule has 0 spiro atoms. The van der Waals surface area contributed by atoms with Crippen molar-refractivity contribution in [1.29, 1.82) is 0 Å². The lowest BCUT2D eigenvalue weighted by molar-refractivity contribution is -0.143. The molecule has 1 saturated heterocycles. The molecule has 0 aromatic heterocycles. The Bertz CT molecular complexity index is 442. The van der Waals surface area contributed by atoms with Crippen molar-refractivity contribution in [3.8, 4) is 0 Å². The number of hydrogen-bond acceptors (Lipinski definition) is 3. The molecule has 0 aromatic rings. The van der Waals surface area contributed by atoms with Crippen LogP contribution in [0.5, 0.6) is 0 Å². The monoisotopic (exact) mass is 322 g/mol. The van der Waals surface area contributed by atoms with Crippen LogP contribution in [0.2, 0.25) is 0 Å². The van der Waals surface area contributed by atoms with E-state index in [1.54, 1.807) is 7.11 Å². The molecule has 3 rings (SSSR count). The standard InChI is InChI=1S/C18H30N2O3/c1-23-13-18(9-3-4-10-18)12-19-16(21)15-6-2-5-11-20(15)17(22)14-7-8-14/h14-15H,2-13H2,1H3,(H,19,21). The molecule has 1 N–H and O–H groups in total. The summed E-state index contributed by atoms with van der Waals surface area (Å²) >= 11 is 0. The topological polar surface area (TPSA) is 58.6 Å². The van der Waals surface area contributed by atoms with E-state index in [9.17, 15) is 9.59 Å². The van der Waals surface area contributed by atoms with E-state index < -0.39 is 0 Å². The fourth-order valence-corrected chi connectivity index (χ4v) is 4.23. The van der Waals surface area contributed by atoms with Crippen molar-refractivity contribution in [2.75, 3.05) is 26.8 Å². The summed E-state index contributed by atoms with van der Waals surface area (Å²) < 4.78 is 5.39. The first kappa shape index (κ1) is 16.7. The highest BCUT2D eigenvalue weighted by Crippen LogP contribution is 2.38. The zero-order chi connectivity index (χ0) is 16.3. The van der Waals surface area contributed by atoms with Crippen molar-refractivity contribution < 1.29 is 14.3 Å². The van der Waals surface area contributed by atoms with E-state index in [1.165, 1.54) is 12.8 Å². The van der Waals surface area contributed by atoms with E-state index in [-0.39, 0.29) is 29.2 Å². The number of ether oxygens (including phenoxy) is 1. The summed E-state index contributed by atoms with van der Waals surface area (Å²) in [5.74, 6) is 0.441. The van der Waals surface area contributed by atoms with Gasteiger partial charge < -0.3 is 15.0 Å². The van der Waals surface area contributed by atoms with E-state index in [0.29, 0.717) is 13.2 Å². The van der Waals surface area contributed by atoms with Gasteiger partial charge in [-0.1, -0.05) is 12.8 Å². The van der Waals surface area contributed by atoms with Gasteiger partial charge in [0.25, 0.3) is 0 Å². The van der Waals surface area contributed by atoms with Gasteiger partial charge in [-0.05, 0) is 44.9 Å². The second kappa shape index (κ2) is 7.20. The highest BCUT2D eigenvalue weighted by molar-refractivity contribution is 5.89. The van der Waals surface area contributed by atoms with Gasteiger partial charge in [-0.15, -0.1) is 0 Å². The van der Waals surface area contributed by atoms with Gasteiger partial charge in [0.1, 0.15) is 6.04 Å². The lowest BCUT2D eigenvalue weighted by Gasteiger charge is -2.36. The molecule has 1 aliphatic heterocycles. The summed E-state index contributed by atoms with van der Waals surface area (Å²) in [6.07, 6.45) is 9.55. The highest BCUT2D eigenvalue weighted by atomic mass is 16.5. The second-order valence-corrected chi connectivity index (χ2v) is 7.68. The minimum atomic E-state index is -0.252. The van der Waals surface area contributed by atoms with E-state index in [2.05, 4.69) is 5.32 Å². The van der Waals surface area contributed by atoms with Crippen LogP contribution in [0.3, 0.4) is 0 Å². The van der Waals surface area contributed by atoms with E-state index in [0.717, 1.165) is 51.5 Å². The minimum Gasteiger partial charge on any atom is -0.384 e. The molecule has 0 bridgehead atoms. The van der Waals surface area contributed by atoms with Crippen LogP contribution in [0.4, 0.5) is 0 Å². The number of nitrogens with one attached hydrogen (secondary N) is 1. The molecule has 0 aromatic carbocycles. The van der Waals surface area contributed by atoms with Crippen LogP contribution in [0, 0.1) is 11.3 Å². The van der Waals surface area contributed by atoms with Gasteiger partial charge in [-0.3, -0.25) is 9.59 Å². The predicted molar refractivity (Wildman–Crippen MR) is 87.9 cm³/mol. The van der Waals surface area contributed by atoms with E-state index in [1.807, 2.05) is 4.90 Å². The predicted octanol–water partition coefficient (Wildman–Crippen LogP) is 2.10. The van der Waals surface area contributed by atoms with Crippen molar-refractivity contribution in [3.05, 3.63) is 0 Å². The smallest absolute Gasteiger partial charge is 0.242 e. The SMILES string of the molecule is COCC1(CNC(=O)C2CCCCN2C(=O)C2CC2)CCCC1. The lowest BCUT2D eigenvalue weighted by atomic mass is 9.87.